The van der Waals surface area contributed by atoms with Gasteiger partial charge in [-0.2, -0.15) is 0 Å². The summed E-state index contributed by atoms with van der Waals surface area (Å²) in [7, 11) is 1.55. The third-order valence-electron chi connectivity index (χ3n) is 2.40. The standard InChI is InChI=1S/C13H13NO2/c1-16-13-11(8-5-9-14-13)12(15)10-6-3-2-4-7-10/h2-9,12,15H,1H3/t12-/m1/s1. The lowest BCUT2D eigenvalue weighted by atomic mass is 10.0. The second-order valence-corrected chi connectivity index (χ2v) is 3.42. The molecule has 3 nitrogen and oxygen atoms in total. The van der Waals surface area contributed by atoms with Crippen LogP contribution in [0.5, 0.6) is 5.88 Å². The molecule has 0 fully saturated rings. The molecule has 0 aliphatic rings. The van der Waals surface area contributed by atoms with E-state index in [9.17, 15) is 5.11 Å². The van der Waals surface area contributed by atoms with Gasteiger partial charge in [-0.1, -0.05) is 30.3 Å². The number of methoxy groups -OCH3 is 1. The number of rotatable bonds is 3. The lowest BCUT2D eigenvalue weighted by Gasteiger charge is -2.13. The maximum absolute atomic E-state index is 10.2. The summed E-state index contributed by atoms with van der Waals surface area (Å²) in [5, 5.41) is 10.2. The SMILES string of the molecule is COc1ncccc1[C@H](O)c1ccccc1. The van der Waals surface area contributed by atoms with Crippen molar-refractivity contribution in [1.82, 2.24) is 4.98 Å². The van der Waals surface area contributed by atoms with Crippen LogP contribution >= 0.6 is 0 Å². The van der Waals surface area contributed by atoms with E-state index in [2.05, 4.69) is 4.98 Å². The second-order valence-electron chi connectivity index (χ2n) is 3.42. The lowest BCUT2D eigenvalue weighted by Crippen LogP contribution is -2.03. The zero-order valence-electron chi connectivity index (χ0n) is 9.00. The highest BCUT2D eigenvalue weighted by molar-refractivity contribution is 5.35. The Morgan fingerprint density at radius 2 is 1.88 bits per heavy atom. The average Bonchev–Trinajstić information content (AvgIpc) is 2.39. The van der Waals surface area contributed by atoms with Crippen molar-refractivity contribution in [3.8, 4) is 5.88 Å². The molecule has 0 aliphatic carbocycles. The summed E-state index contributed by atoms with van der Waals surface area (Å²) in [6.45, 7) is 0. The zero-order chi connectivity index (χ0) is 11.4. The molecule has 0 unspecified atom stereocenters. The number of hydrogen-bond acceptors (Lipinski definition) is 3. The van der Waals surface area contributed by atoms with Gasteiger partial charge in [-0.05, 0) is 17.7 Å². The molecule has 1 N–H and O–H groups in total. The van der Waals surface area contributed by atoms with Crippen LogP contribution in [0.1, 0.15) is 17.2 Å². The van der Waals surface area contributed by atoms with E-state index < -0.39 is 6.10 Å². The molecule has 1 atom stereocenters. The van der Waals surface area contributed by atoms with Crippen LogP contribution in [0.3, 0.4) is 0 Å². The maximum Gasteiger partial charge on any atom is 0.219 e. The highest BCUT2D eigenvalue weighted by Gasteiger charge is 2.15. The largest absolute Gasteiger partial charge is 0.481 e. The van der Waals surface area contributed by atoms with Crippen molar-refractivity contribution in [2.24, 2.45) is 0 Å². The van der Waals surface area contributed by atoms with Gasteiger partial charge in [0, 0.05) is 11.8 Å². The number of hydrogen-bond donors (Lipinski definition) is 1. The quantitative estimate of drug-likeness (QED) is 0.853. The molecule has 16 heavy (non-hydrogen) atoms. The maximum atomic E-state index is 10.2. The predicted molar refractivity (Wildman–Crippen MR) is 61.3 cm³/mol. The van der Waals surface area contributed by atoms with Crippen LogP contribution in [0, 0.1) is 0 Å². The van der Waals surface area contributed by atoms with Crippen molar-refractivity contribution in [2.45, 2.75) is 6.10 Å². The Kier molecular flexibility index (Phi) is 3.17. The molecule has 0 saturated carbocycles. The summed E-state index contributed by atoms with van der Waals surface area (Å²) < 4.78 is 5.12. The fourth-order valence-electron chi connectivity index (χ4n) is 1.60. The molecule has 1 aromatic heterocycles. The van der Waals surface area contributed by atoms with E-state index in [0.717, 1.165) is 5.56 Å². The van der Waals surface area contributed by atoms with E-state index in [1.54, 1.807) is 19.4 Å². The first-order chi connectivity index (χ1) is 7.83. The molecule has 1 aromatic carbocycles. The Morgan fingerprint density at radius 3 is 2.56 bits per heavy atom. The third kappa shape index (κ3) is 2.04. The molecule has 0 radical (unpaired) electrons. The Balaban J connectivity index is 2.37. The molecule has 3 heteroatoms. The van der Waals surface area contributed by atoms with E-state index in [-0.39, 0.29) is 0 Å². The van der Waals surface area contributed by atoms with Gasteiger partial charge in [0.2, 0.25) is 5.88 Å². The van der Waals surface area contributed by atoms with Crippen LogP contribution in [0.4, 0.5) is 0 Å². The molecule has 0 amide bonds. The minimum atomic E-state index is -0.704. The van der Waals surface area contributed by atoms with Crippen LogP contribution in [0.15, 0.2) is 48.7 Å². The summed E-state index contributed by atoms with van der Waals surface area (Å²) in [6, 6.07) is 13.0. The first kappa shape index (κ1) is 10.6. The molecule has 1 heterocycles. The van der Waals surface area contributed by atoms with Crippen LogP contribution in [-0.4, -0.2) is 17.2 Å². The summed E-state index contributed by atoms with van der Waals surface area (Å²) in [5.74, 6) is 0.457. The van der Waals surface area contributed by atoms with E-state index >= 15 is 0 Å². The van der Waals surface area contributed by atoms with Gasteiger partial charge in [0.25, 0.3) is 0 Å². The normalized spacial score (nSPS) is 12.1. The number of ether oxygens (including phenoxy) is 1. The van der Waals surface area contributed by atoms with Gasteiger partial charge in [0.05, 0.1) is 7.11 Å². The van der Waals surface area contributed by atoms with Gasteiger partial charge < -0.3 is 9.84 Å². The van der Waals surface area contributed by atoms with E-state index in [0.29, 0.717) is 11.4 Å². The van der Waals surface area contributed by atoms with E-state index in [1.165, 1.54) is 0 Å². The predicted octanol–water partition coefficient (Wildman–Crippen LogP) is 2.17. The molecule has 2 rings (SSSR count). The summed E-state index contributed by atoms with van der Waals surface area (Å²) in [6.07, 6.45) is 0.935. The van der Waals surface area contributed by atoms with E-state index in [4.69, 9.17) is 4.74 Å². The van der Waals surface area contributed by atoms with Crippen molar-refractivity contribution in [1.29, 1.82) is 0 Å². The number of benzene rings is 1. The Labute approximate surface area is 94.3 Å². The molecular weight excluding hydrogens is 202 g/mol. The fourth-order valence-corrected chi connectivity index (χ4v) is 1.60. The first-order valence-electron chi connectivity index (χ1n) is 5.05. The van der Waals surface area contributed by atoms with Gasteiger partial charge in [-0.15, -0.1) is 0 Å². The number of aliphatic hydroxyl groups excluding tert-OH is 1. The Morgan fingerprint density at radius 1 is 1.12 bits per heavy atom. The summed E-state index contributed by atoms with van der Waals surface area (Å²) in [4.78, 5) is 4.06. The minimum absolute atomic E-state index is 0.457. The molecule has 2 aromatic rings. The van der Waals surface area contributed by atoms with Crippen LogP contribution < -0.4 is 4.74 Å². The van der Waals surface area contributed by atoms with Gasteiger partial charge in [0.1, 0.15) is 6.10 Å². The van der Waals surface area contributed by atoms with Gasteiger partial charge in [0.15, 0.2) is 0 Å². The van der Waals surface area contributed by atoms with Gasteiger partial charge in [-0.3, -0.25) is 0 Å². The summed E-state index contributed by atoms with van der Waals surface area (Å²) >= 11 is 0. The van der Waals surface area contributed by atoms with Crippen LogP contribution in [-0.2, 0) is 0 Å². The molecule has 82 valence electrons. The monoisotopic (exact) mass is 215 g/mol. The number of aliphatic hydroxyl groups is 1. The van der Waals surface area contributed by atoms with Crippen molar-refractivity contribution >= 4 is 0 Å². The average molecular weight is 215 g/mol. The molecule has 0 bridgehead atoms. The Hall–Kier alpha value is -1.87. The third-order valence-corrected chi connectivity index (χ3v) is 2.40. The highest BCUT2D eigenvalue weighted by Crippen LogP contribution is 2.27. The molecule has 0 saturated heterocycles. The number of aromatic nitrogens is 1. The lowest BCUT2D eigenvalue weighted by molar-refractivity contribution is 0.213. The topological polar surface area (TPSA) is 42.4 Å². The van der Waals surface area contributed by atoms with Gasteiger partial charge in [-0.25, -0.2) is 4.98 Å². The highest BCUT2D eigenvalue weighted by atomic mass is 16.5. The van der Waals surface area contributed by atoms with Crippen molar-refractivity contribution in [3.63, 3.8) is 0 Å². The molecule has 0 spiro atoms. The van der Waals surface area contributed by atoms with Crippen molar-refractivity contribution in [2.75, 3.05) is 7.11 Å². The summed E-state index contributed by atoms with van der Waals surface area (Å²) in [5.41, 5.74) is 1.50. The molecule has 0 aliphatic heterocycles. The first-order valence-corrected chi connectivity index (χ1v) is 5.05. The second kappa shape index (κ2) is 4.77. The van der Waals surface area contributed by atoms with E-state index in [1.807, 2.05) is 36.4 Å². The van der Waals surface area contributed by atoms with Crippen molar-refractivity contribution in [3.05, 3.63) is 59.8 Å². The zero-order valence-corrected chi connectivity index (χ0v) is 9.00. The molecular formula is C13H13NO2. The minimum Gasteiger partial charge on any atom is -0.481 e. The van der Waals surface area contributed by atoms with Crippen LogP contribution in [0.25, 0.3) is 0 Å². The fraction of sp³-hybridized carbons (Fsp3) is 0.154. The smallest absolute Gasteiger partial charge is 0.219 e. The Bertz CT molecular complexity index is 456. The van der Waals surface area contributed by atoms with Crippen LogP contribution in [0.2, 0.25) is 0 Å². The number of pyridine rings is 1. The number of nitrogens with zero attached hydrogens (tertiary/aromatic N) is 1. The van der Waals surface area contributed by atoms with Crippen molar-refractivity contribution < 1.29 is 9.84 Å². The van der Waals surface area contributed by atoms with Gasteiger partial charge >= 0.3 is 0 Å².